The van der Waals surface area contributed by atoms with E-state index in [0.29, 0.717) is 0 Å². The van der Waals surface area contributed by atoms with Crippen molar-refractivity contribution in [2.75, 3.05) is 13.1 Å². The quantitative estimate of drug-likeness (QED) is 0.256. The summed E-state index contributed by atoms with van der Waals surface area (Å²) < 4.78 is 31.6. The maximum absolute atomic E-state index is 8.74. The molecular weight excluding hydrogens is 512 g/mol. The maximum Gasteiger partial charge on any atom is 0.394 e. The second-order valence-electron chi connectivity index (χ2n) is 9.25. The molecule has 8 rings (SSSR count). The van der Waals surface area contributed by atoms with Crippen LogP contribution in [0.1, 0.15) is 0 Å². The van der Waals surface area contributed by atoms with Crippen LogP contribution in [-0.2, 0) is 10.4 Å². The van der Waals surface area contributed by atoms with E-state index in [-0.39, 0.29) is 0 Å². The van der Waals surface area contributed by atoms with Gasteiger partial charge in [-0.25, -0.2) is 0 Å². The van der Waals surface area contributed by atoms with Crippen LogP contribution in [0.4, 0.5) is 0 Å². The molecule has 0 amide bonds. The largest absolute Gasteiger partial charge is 0.394 e. The lowest BCUT2D eigenvalue weighted by atomic mass is 10.1. The number of H-pyrrole nitrogens is 2. The highest BCUT2D eigenvalue weighted by Crippen LogP contribution is 2.16. The molecule has 4 aliphatic rings. The van der Waals surface area contributed by atoms with Crippen LogP contribution in [0.3, 0.4) is 0 Å². The molecular formula is C30H26N4O4S. The lowest BCUT2D eigenvalue weighted by Crippen LogP contribution is -2.37. The summed E-state index contributed by atoms with van der Waals surface area (Å²) in [6.07, 6.45) is 21.5. The Kier molecular flexibility index (Phi) is 6.32. The van der Waals surface area contributed by atoms with Crippen molar-refractivity contribution in [2.45, 2.75) is 0 Å². The summed E-state index contributed by atoms with van der Waals surface area (Å²) in [4.78, 5) is 11.6. The first-order chi connectivity index (χ1) is 18.9. The molecule has 0 atom stereocenters. The number of hydrogen-bond donors (Lipinski definition) is 4. The number of allylic oxidation sites excluding steroid dienone is 4. The first-order valence-corrected chi connectivity index (χ1v) is 13.8. The summed E-state index contributed by atoms with van der Waals surface area (Å²) in [5.41, 5.74) is 4.96. The van der Waals surface area contributed by atoms with Crippen LogP contribution >= 0.6 is 0 Å². The Labute approximate surface area is 224 Å². The molecule has 6 heterocycles. The van der Waals surface area contributed by atoms with Gasteiger partial charge in [0, 0.05) is 57.7 Å². The van der Waals surface area contributed by atoms with Gasteiger partial charge in [0.05, 0.1) is 22.1 Å². The van der Waals surface area contributed by atoms with Gasteiger partial charge in [-0.1, -0.05) is 60.7 Å². The lowest BCUT2D eigenvalue weighted by molar-refractivity contribution is 0.381. The minimum absolute atomic E-state index is 0.949. The third kappa shape index (κ3) is 4.98. The van der Waals surface area contributed by atoms with Crippen molar-refractivity contribution in [1.82, 2.24) is 19.8 Å². The van der Waals surface area contributed by atoms with Gasteiger partial charge in [-0.15, -0.1) is 0 Å². The molecule has 0 bridgehead atoms. The average Bonchev–Trinajstić information content (AvgIpc) is 3.52. The van der Waals surface area contributed by atoms with Gasteiger partial charge in [0.25, 0.3) is 0 Å². The number of fused-ring (bicyclic) bond motifs is 8. The summed E-state index contributed by atoms with van der Waals surface area (Å²) in [6.45, 7) is 1.90. The molecule has 196 valence electrons. The highest BCUT2D eigenvalue weighted by molar-refractivity contribution is 7.79. The van der Waals surface area contributed by atoms with Gasteiger partial charge in [0.15, 0.2) is 0 Å². The third-order valence-corrected chi connectivity index (χ3v) is 6.87. The van der Waals surface area contributed by atoms with Crippen LogP contribution in [-0.4, -0.2) is 50.4 Å². The van der Waals surface area contributed by atoms with E-state index in [4.69, 9.17) is 17.5 Å². The number of hydrogen-bond acceptors (Lipinski definition) is 4. The van der Waals surface area contributed by atoms with Crippen molar-refractivity contribution in [3.05, 3.63) is 119 Å². The standard InChI is InChI=1S/2C15H12N2.H2O4S/c2*1-2-6-13-11(5-1)12-8-10-17-9-4-3-7-14(17)15(12)16-13;1-5(2,3)4/h2*1-9,16H,10H2;(H2,1,2,3,4). The molecule has 0 aliphatic carbocycles. The summed E-state index contributed by atoms with van der Waals surface area (Å²) in [7, 11) is -4.67. The van der Waals surface area contributed by atoms with Crippen molar-refractivity contribution < 1.29 is 17.5 Å². The number of para-hydroxylation sites is 2. The topological polar surface area (TPSA) is 113 Å². The molecule has 4 aliphatic heterocycles. The van der Waals surface area contributed by atoms with Gasteiger partial charge in [0.1, 0.15) is 0 Å². The van der Waals surface area contributed by atoms with Crippen molar-refractivity contribution in [1.29, 1.82) is 0 Å². The highest BCUT2D eigenvalue weighted by Gasteiger charge is 2.15. The molecule has 2 aromatic carbocycles. The Bertz CT molecular complexity index is 1940. The smallest absolute Gasteiger partial charge is 0.353 e. The molecule has 0 fully saturated rings. The molecule has 0 spiro atoms. The van der Waals surface area contributed by atoms with Crippen LogP contribution in [0.15, 0.2) is 97.4 Å². The fourth-order valence-electron chi connectivity index (χ4n) is 5.26. The molecule has 0 unspecified atom stereocenters. The molecule has 9 heteroatoms. The number of nitrogens with one attached hydrogen (secondary N) is 2. The van der Waals surface area contributed by atoms with E-state index in [1.807, 2.05) is 0 Å². The number of nitrogens with zero attached hydrogens (tertiary/aromatic N) is 2. The Balaban J connectivity index is 0.000000122. The van der Waals surface area contributed by atoms with Crippen molar-refractivity contribution >= 4 is 55.8 Å². The van der Waals surface area contributed by atoms with Crippen LogP contribution in [0, 0.1) is 0 Å². The minimum Gasteiger partial charge on any atom is -0.353 e. The van der Waals surface area contributed by atoms with E-state index >= 15 is 0 Å². The SMILES string of the molecule is C1=CC2=c3[nH]c4ccccc4c3=CCN2C=C1.C1=CC2=c3[nH]c4ccccc4c3=CCN2C=C1.O=S(=O)(O)O. The van der Waals surface area contributed by atoms with Gasteiger partial charge >= 0.3 is 10.4 Å². The van der Waals surface area contributed by atoms with Gasteiger partial charge in [0.2, 0.25) is 0 Å². The molecule has 8 nitrogen and oxygen atoms in total. The van der Waals surface area contributed by atoms with Gasteiger partial charge in [-0.2, -0.15) is 8.42 Å². The van der Waals surface area contributed by atoms with E-state index in [0.717, 1.165) is 13.1 Å². The highest BCUT2D eigenvalue weighted by atomic mass is 32.3. The van der Waals surface area contributed by atoms with E-state index < -0.39 is 10.4 Å². The van der Waals surface area contributed by atoms with E-state index in [1.54, 1.807) is 0 Å². The average molecular weight is 539 g/mol. The molecule has 2 aromatic heterocycles. The summed E-state index contributed by atoms with van der Waals surface area (Å²) >= 11 is 0. The predicted octanol–water partition coefficient (Wildman–Crippen LogP) is 2.26. The number of aromatic nitrogens is 2. The summed E-state index contributed by atoms with van der Waals surface area (Å²) in [5.74, 6) is 0. The zero-order valence-electron chi connectivity index (χ0n) is 20.8. The lowest BCUT2D eigenvalue weighted by Gasteiger charge is -2.23. The third-order valence-electron chi connectivity index (χ3n) is 6.87. The Morgan fingerprint density at radius 2 is 1.05 bits per heavy atom. The predicted molar refractivity (Wildman–Crippen MR) is 155 cm³/mol. The zero-order chi connectivity index (χ0) is 27.0. The normalized spacial score (nSPS) is 16.3. The Hall–Kier alpha value is -4.57. The van der Waals surface area contributed by atoms with E-state index in [1.165, 1.54) is 54.3 Å². The Morgan fingerprint density at radius 1 is 0.641 bits per heavy atom. The van der Waals surface area contributed by atoms with Crippen LogP contribution in [0.25, 0.3) is 45.4 Å². The van der Waals surface area contributed by atoms with Crippen LogP contribution < -0.4 is 21.1 Å². The van der Waals surface area contributed by atoms with Crippen molar-refractivity contribution in [3.63, 3.8) is 0 Å². The monoisotopic (exact) mass is 538 g/mol. The van der Waals surface area contributed by atoms with Gasteiger partial charge < -0.3 is 19.8 Å². The number of benzene rings is 2. The van der Waals surface area contributed by atoms with Crippen LogP contribution in [0.5, 0.6) is 0 Å². The maximum atomic E-state index is 8.74. The van der Waals surface area contributed by atoms with Crippen LogP contribution in [0.2, 0.25) is 0 Å². The molecule has 0 radical (unpaired) electrons. The zero-order valence-corrected chi connectivity index (χ0v) is 21.6. The molecule has 39 heavy (non-hydrogen) atoms. The minimum atomic E-state index is -4.67. The van der Waals surface area contributed by atoms with Crippen molar-refractivity contribution in [3.8, 4) is 0 Å². The first-order valence-electron chi connectivity index (χ1n) is 12.4. The second kappa shape index (κ2) is 9.95. The van der Waals surface area contributed by atoms with Crippen molar-refractivity contribution in [2.24, 2.45) is 0 Å². The molecule has 4 aromatic rings. The Morgan fingerprint density at radius 3 is 1.49 bits per heavy atom. The summed E-state index contributed by atoms with van der Waals surface area (Å²) in [6, 6.07) is 17.0. The molecule has 0 saturated heterocycles. The van der Waals surface area contributed by atoms with Gasteiger partial charge in [-0.3, -0.25) is 9.11 Å². The number of aromatic amines is 2. The first kappa shape index (κ1) is 24.7. The number of rotatable bonds is 0. The van der Waals surface area contributed by atoms with Gasteiger partial charge in [-0.05, 0) is 36.4 Å². The fraction of sp³-hybridized carbons (Fsp3) is 0.0667. The van der Waals surface area contributed by atoms with E-state index in [2.05, 4.69) is 129 Å². The molecule has 0 saturated carbocycles. The van der Waals surface area contributed by atoms with E-state index in [9.17, 15) is 0 Å². The fourth-order valence-corrected chi connectivity index (χ4v) is 5.26. The summed E-state index contributed by atoms with van der Waals surface area (Å²) in [5, 5.41) is 7.78. The second-order valence-corrected chi connectivity index (χ2v) is 10.1. The molecule has 4 N–H and O–H groups in total.